The first-order valence-electron chi connectivity index (χ1n) is 12.2. The number of hydrogen-bond acceptors (Lipinski definition) is 6. The number of aryl methyl sites for hydroxylation is 1. The number of carbonyl (C=O) groups is 1. The van der Waals surface area contributed by atoms with E-state index in [9.17, 15) is 13.2 Å². The number of aromatic nitrogens is 2. The average Bonchev–Trinajstić information content (AvgIpc) is 3.63. The molecule has 5 aromatic rings. The molecule has 0 saturated heterocycles. The molecule has 1 N–H and O–H groups in total. The Hall–Kier alpha value is -4.37. The molecular formula is C29H27N3O5S. The first kappa shape index (κ1) is 25.3. The van der Waals surface area contributed by atoms with Crippen LogP contribution in [-0.2, 0) is 34.2 Å². The molecule has 38 heavy (non-hydrogen) atoms. The summed E-state index contributed by atoms with van der Waals surface area (Å²) in [4.78, 5) is 12.4. The number of nitrogens with one attached hydrogen (secondary N) is 1. The van der Waals surface area contributed by atoms with E-state index in [0.29, 0.717) is 25.3 Å². The van der Waals surface area contributed by atoms with Gasteiger partial charge in [0.1, 0.15) is 16.9 Å². The maximum atomic E-state index is 12.4. The van der Waals surface area contributed by atoms with E-state index < -0.39 is 15.9 Å². The fourth-order valence-corrected chi connectivity index (χ4v) is 5.14. The van der Waals surface area contributed by atoms with E-state index in [-0.39, 0.29) is 11.3 Å². The lowest BCUT2D eigenvalue weighted by Gasteiger charge is -2.14. The van der Waals surface area contributed by atoms with Gasteiger partial charge in [-0.2, -0.15) is 5.10 Å². The van der Waals surface area contributed by atoms with Crippen molar-refractivity contribution in [3.05, 3.63) is 114 Å². The number of ether oxygens (including phenoxy) is 1. The number of rotatable bonds is 11. The molecule has 2 aromatic heterocycles. The predicted molar refractivity (Wildman–Crippen MR) is 143 cm³/mol. The molecule has 0 radical (unpaired) electrons. The number of fused-ring (bicyclic) bond motifs is 1. The Balaban J connectivity index is 1.27. The molecule has 8 nitrogen and oxygen atoms in total. The quantitative estimate of drug-likeness (QED) is 0.265. The van der Waals surface area contributed by atoms with Gasteiger partial charge >= 0.3 is 0 Å². The Morgan fingerprint density at radius 2 is 1.79 bits per heavy atom. The molecule has 0 fully saturated rings. The van der Waals surface area contributed by atoms with E-state index in [0.717, 1.165) is 23.8 Å². The molecule has 3 aromatic carbocycles. The van der Waals surface area contributed by atoms with Gasteiger partial charge < -0.3 is 9.15 Å². The topological polar surface area (TPSA) is 103 Å². The van der Waals surface area contributed by atoms with Gasteiger partial charge in [-0.15, -0.1) is 0 Å². The Morgan fingerprint density at radius 3 is 2.58 bits per heavy atom. The smallest absolute Gasteiger partial charge is 0.267 e. The second kappa shape index (κ2) is 11.4. The predicted octanol–water partition coefficient (Wildman–Crippen LogP) is 4.74. The van der Waals surface area contributed by atoms with Gasteiger partial charge in [0, 0.05) is 25.2 Å². The lowest BCUT2D eigenvalue weighted by molar-refractivity contribution is -0.119. The molecule has 0 spiro atoms. The highest BCUT2D eigenvalue weighted by Gasteiger charge is 2.19. The summed E-state index contributed by atoms with van der Waals surface area (Å²) in [6.45, 7) is 1.04. The van der Waals surface area contributed by atoms with E-state index in [1.165, 1.54) is 28.7 Å². The van der Waals surface area contributed by atoms with Gasteiger partial charge in [-0.25, -0.2) is 13.1 Å². The molecule has 0 saturated carbocycles. The minimum Gasteiger partial charge on any atom is -0.493 e. The van der Waals surface area contributed by atoms with Crippen molar-refractivity contribution >= 4 is 26.7 Å². The molecule has 1 amide bonds. The molecule has 0 atom stereocenters. The Morgan fingerprint density at radius 1 is 0.947 bits per heavy atom. The van der Waals surface area contributed by atoms with Crippen molar-refractivity contribution in [3.63, 3.8) is 0 Å². The fourth-order valence-electron chi connectivity index (χ4n) is 4.21. The normalized spacial score (nSPS) is 11.5. The summed E-state index contributed by atoms with van der Waals surface area (Å²) in [6, 6.07) is 23.6. The van der Waals surface area contributed by atoms with Gasteiger partial charge in [0.15, 0.2) is 0 Å². The lowest BCUT2D eigenvalue weighted by atomic mass is 10.0. The lowest BCUT2D eigenvalue weighted by Crippen LogP contribution is -2.30. The number of hydrogen-bond donors (Lipinski definition) is 1. The van der Waals surface area contributed by atoms with Gasteiger partial charge in [-0.3, -0.25) is 9.48 Å². The van der Waals surface area contributed by atoms with Gasteiger partial charge in [0.05, 0.1) is 19.4 Å². The molecule has 0 aliphatic rings. The summed E-state index contributed by atoms with van der Waals surface area (Å²) >= 11 is 0. The highest BCUT2D eigenvalue weighted by molar-refractivity contribution is 7.90. The molecule has 194 valence electrons. The zero-order valence-corrected chi connectivity index (χ0v) is 21.4. The van der Waals surface area contributed by atoms with Crippen molar-refractivity contribution < 1.29 is 22.4 Å². The second-order valence-electron chi connectivity index (χ2n) is 8.91. The Kier molecular flexibility index (Phi) is 7.55. The number of sulfonamides is 1. The van der Waals surface area contributed by atoms with Crippen molar-refractivity contribution in [1.82, 2.24) is 14.5 Å². The van der Waals surface area contributed by atoms with Gasteiger partial charge in [0.25, 0.3) is 10.0 Å². The molecule has 0 aliphatic carbocycles. The second-order valence-corrected chi connectivity index (χ2v) is 10.6. The number of amides is 1. The maximum Gasteiger partial charge on any atom is 0.267 e. The Bertz CT molecular complexity index is 1630. The van der Waals surface area contributed by atoms with Crippen LogP contribution in [0.1, 0.15) is 23.1 Å². The highest BCUT2D eigenvalue weighted by atomic mass is 32.2. The van der Waals surface area contributed by atoms with Crippen LogP contribution in [0.2, 0.25) is 0 Å². The van der Waals surface area contributed by atoms with Crippen LogP contribution in [0.3, 0.4) is 0 Å². The van der Waals surface area contributed by atoms with Crippen LogP contribution in [0.25, 0.3) is 10.8 Å². The molecule has 0 unspecified atom stereocenters. The van der Waals surface area contributed by atoms with Gasteiger partial charge in [-0.1, -0.05) is 54.6 Å². The molecule has 5 rings (SSSR count). The summed E-state index contributed by atoms with van der Waals surface area (Å²) in [7, 11) is -3.96. The molecular weight excluding hydrogens is 502 g/mol. The van der Waals surface area contributed by atoms with Crippen LogP contribution in [0.15, 0.2) is 107 Å². The van der Waals surface area contributed by atoms with Gasteiger partial charge in [-0.05, 0) is 52.1 Å². The van der Waals surface area contributed by atoms with E-state index in [4.69, 9.17) is 9.15 Å². The fraction of sp³-hybridized carbons (Fsp3) is 0.172. The van der Waals surface area contributed by atoms with Crippen molar-refractivity contribution in [2.24, 2.45) is 0 Å². The van der Waals surface area contributed by atoms with E-state index >= 15 is 0 Å². The number of nitrogens with zero attached hydrogens (tertiary/aromatic N) is 2. The van der Waals surface area contributed by atoms with Crippen LogP contribution >= 0.6 is 0 Å². The third-order valence-corrected chi connectivity index (χ3v) is 7.52. The zero-order valence-electron chi connectivity index (χ0n) is 20.6. The van der Waals surface area contributed by atoms with E-state index in [1.807, 2.05) is 47.3 Å². The average molecular weight is 530 g/mol. The SMILES string of the molecule is O=C(CCc1ccc(Cn2cccn2)cc1OCCc1ccc2ccccc2c1)NS(=O)(=O)c1ccoc1. The van der Waals surface area contributed by atoms with Crippen molar-refractivity contribution in [2.45, 2.75) is 30.7 Å². The van der Waals surface area contributed by atoms with Crippen molar-refractivity contribution in [1.29, 1.82) is 0 Å². The van der Waals surface area contributed by atoms with Crippen LogP contribution in [0.5, 0.6) is 5.75 Å². The Labute approximate surface area is 220 Å². The summed E-state index contributed by atoms with van der Waals surface area (Å²) in [5.74, 6) is 0.0647. The van der Waals surface area contributed by atoms with Crippen LogP contribution < -0.4 is 9.46 Å². The molecule has 0 bridgehead atoms. The monoisotopic (exact) mass is 529 g/mol. The van der Waals surface area contributed by atoms with Gasteiger partial charge in [0.2, 0.25) is 5.91 Å². The van der Waals surface area contributed by atoms with Crippen LogP contribution in [0, 0.1) is 0 Å². The standard InChI is InChI=1S/C29H27N3O5S/c33-29(31-38(34,35)27-13-16-36-21-27)11-10-25-9-7-23(20-32-15-3-14-30-32)19-28(25)37-17-12-22-6-8-24-4-1-2-5-26(24)18-22/h1-9,13-16,18-19,21H,10-12,17,20H2,(H,31,33). The summed E-state index contributed by atoms with van der Waals surface area (Å²) < 4.78 is 39.6. The van der Waals surface area contributed by atoms with E-state index in [1.54, 1.807) is 6.20 Å². The molecule has 2 heterocycles. The summed E-state index contributed by atoms with van der Waals surface area (Å²) in [5, 5.41) is 6.64. The van der Waals surface area contributed by atoms with E-state index in [2.05, 4.69) is 40.2 Å². The number of furan rings is 1. The number of carbonyl (C=O) groups excluding carboxylic acids is 1. The van der Waals surface area contributed by atoms with Crippen LogP contribution in [-0.4, -0.2) is 30.7 Å². The highest BCUT2D eigenvalue weighted by Crippen LogP contribution is 2.24. The zero-order chi connectivity index (χ0) is 26.4. The third-order valence-electron chi connectivity index (χ3n) is 6.17. The van der Waals surface area contributed by atoms with Crippen LogP contribution in [0.4, 0.5) is 0 Å². The minimum absolute atomic E-state index is 0.0172. The third kappa shape index (κ3) is 6.30. The first-order chi connectivity index (χ1) is 18.5. The van der Waals surface area contributed by atoms with Crippen molar-refractivity contribution in [2.75, 3.05) is 6.61 Å². The summed E-state index contributed by atoms with van der Waals surface area (Å²) in [5.41, 5.74) is 3.00. The molecule has 9 heteroatoms. The minimum atomic E-state index is -3.96. The number of benzene rings is 3. The van der Waals surface area contributed by atoms with Crippen molar-refractivity contribution in [3.8, 4) is 5.75 Å². The summed E-state index contributed by atoms with van der Waals surface area (Å²) in [6.07, 6.45) is 6.96. The molecule has 0 aliphatic heterocycles. The largest absolute Gasteiger partial charge is 0.493 e. The maximum absolute atomic E-state index is 12.4. The first-order valence-corrected chi connectivity index (χ1v) is 13.7.